The van der Waals surface area contributed by atoms with Gasteiger partial charge < -0.3 is 15.4 Å². The molecule has 1 aliphatic carbocycles. The number of aryl methyl sites for hydroxylation is 1. The molecule has 0 bridgehead atoms. The molecule has 2 atom stereocenters. The second-order valence-electron chi connectivity index (χ2n) is 7.56. The Morgan fingerprint density at radius 2 is 1.93 bits per heavy atom. The van der Waals surface area contributed by atoms with E-state index in [9.17, 15) is 9.59 Å². The van der Waals surface area contributed by atoms with Crippen LogP contribution in [0.1, 0.15) is 42.5 Å². The van der Waals surface area contributed by atoms with Crippen LogP contribution in [0.4, 0.5) is 0 Å². The molecule has 0 spiro atoms. The predicted molar refractivity (Wildman–Crippen MR) is 114 cm³/mol. The van der Waals surface area contributed by atoms with Crippen molar-refractivity contribution in [3.05, 3.63) is 77.9 Å². The molecule has 3 rings (SSSR count). The number of amides is 2. The maximum absolute atomic E-state index is 13.3. The lowest BCUT2D eigenvalue weighted by Gasteiger charge is -2.35. The van der Waals surface area contributed by atoms with Gasteiger partial charge in [0.25, 0.3) is 0 Å². The number of rotatable bonds is 7. The highest BCUT2D eigenvalue weighted by atomic mass is 16.5. The van der Waals surface area contributed by atoms with Gasteiger partial charge in [-0.2, -0.15) is 0 Å². The molecule has 2 aromatic carbocycles. The SMILES string of the molecule is C=CC(=O)NC(CNC(=O)C1(C)CCCc2ccccc21)c1ccccc1OC. The van der Waals surface area contributed by atoms with Gasteiger partial charge in [-0.15, -0.1) is 0 Å². The minimum Gasteiger partial charge on any atom is -0.496 e. The number of nitrogens with one attached hydrogen (secondary N) is 2. The fraction of sp³-hybridized carbons (Fsp3) is 0.333. The van der Waals surface area contributed by atoms with E-state index < -0.39 is 11.5 Å². The third-order valence-electron chi connectivity index (χ3n) is 5.72. The summed E-state index contributed by atoms with van der Waals surface area (Å²) in [5, 5.41) is 5.97. The largest absolute Gasteiger partial charge is 0.496 e. The zero-order valence-corrected chi connectivity index (χ0v) is 17.0. The molecule has 2 N–H and O–H groups in total. The van der Waals surface area contributed by atoms with Crippen molar-refractivity contribution in [3.63, 3.8) is 0 Å². The van der Waals surface area contributed by atoms with E-state index in [0.717, 1.165) is 30.4 Å². The lowest BCUT2D eigenvalue weighted by Crippen LogP contribution is -2.47. The van der Waals surface area contributed by atoms with Gasteiger partial charge in [-0.25, -0.2) is 0 Å². The summed E-state index contributed by atoms with van der Waals surface area (Å²) >= 11 is 0. The molecule has 0 saturated carbocycles. The van der Waals surface area contributed by atoms with Crippen molar-refractivity contribution in [3.8, 4) is 5.75 Å². The summed E-state index contributed by atoms with van der Waals surface area (Å²) in [7, 11) is 1.59. The highest BCUT2D eigenvalue weighted by Crippen LogP contribution is 2.37. The van der Waals surface area contributed by atoms with Crippen molar-refractivity contribution in [2.24, 2.45) is 0 Å². The number of benzene rings is 2. The first-order chi connectivity index (χ1) is 14.0. The Kier molecular flexibility index (Phi) is 6.37. The van der Waals surface area contributed by atoms with Crippen LogP contribution in [0.15, 0.2) is 61.2 Å². The van der Waals surface area contributed by atoms with Crippen LogP contribution in [0.25, 0.3) is 0 Å². The molecule has 29 heavy (non-hydrogen) atoms. The Bertz CT molecular complexity index is 909. The smallest absolute Gasteiger partial charge is 0.243 e. The minimum absolute atomic E-state index is 0.0302. The van der Waals surface area contributed by atoms with Crippen LogP contribution >= 0.6 is 0 Å². The zero-order chi connectivity index (χ0) is 20.9. The van der Waals surface area contributed by atoms with Gasteiger partial charge in [-0.1, -0.05) is 49.0 Å². The van der Waals surface area contributed by atoms with Gasteiger partial charge >= 0.3 is 0 Å². The topological polar surface area (TPSA) is 67.4 Å². The Morgan fingerprint density at radius 1 is 1.21 bits per heavy atom. The highest BCUT2D eigenvalue weighted by molar-refractivity contribution is 5.89. The van der Waals surface area contributed by atoms with Gasteiger partial charge in [0, 0.05) is 12.1 Å². The molecule has 1 aliphatic rings. The first kappa shape index (κ1) is 20.6. The molecule has 5 heteroatoms. The number of hydrogen-bond donors (Lipinski definition) is 2. The number of carbonyl (C=O) groups is 2. The molecular formula is C24H28N2O3. The van der Waals surface area contributed by atoms with Gasteiger partial charge in [0.1, 0.15) is 5.75 Å². The summed E-state index contributed by atoms with van der Waals surface area (Å²) in [6, 6.07) is 15.2. The van der Waals surface area contributed by atoms with E-state index in [1.54, 1.807) is 7.11 Å². The van der Waals surface area contributed by atoms with Crippen molar-refractivity contribution in [2.75, 3.05) is 13.7 Å². The number of hydrogen-bond acceptors (Lipinski definition) is 3. The monoisotopic (exact) mass is 392 g/mol. The van der Waals surface area contributed by atoms with Crippen LogP contribution in [0, 0.1) is 0 Å². The van der Waals surface area contributed by atoms with E-state index in [4.69, 9.17) is 4.74 Å². The summed E-state index contributed by atoms with van der Waals surface area (Å²) in [6.07, 6.45) is 4.00. The molecule has 0 radical (unpaired) electrons. The standard InChI is InChI=1S/C24H28N2O3/c1-4-22(27)26-20(18-12-6-8-14-21(18)29-3)16-25-23(28)24(2)15-9-11-17-10-5-7-13-19(17)24/h4-8,10,12-14,20H,1,9,11,15-16H2,2-3H3,(H,25,28)(H,26,27). The van der Waals surface area contributed by atoms with Crippen LogP contribution in [0.3, 0.4) is 0 Å². The lowest BCUT2D eigenvalue weighted by molar-refractivity contribution is -0.127. The summed E-state index contributed by atoms with van der Waals surface area (Å²) in [4.78, 5) is 25.2. The van der Waals surface area contributed by atoms with Gasteiger partial charge in [0.05, 0.1) is 18.6 Å². The van der Waals surface area contributed by atoms with Crippen LogP contribution < -0.4 is 15.4 Å². The van der Waals surface area contributed by atoms with Gasteiger partial charge in [0.2, 0.25) is 11.8 Å². The van der Waals surface area contributed by atoms with E-state index in [1.807, 2.05) is 49.4 Å². The second kappa shape index (κ2) is 8.95. The molecule has 152 valence electrons. The quantitative estimate of drug-likeness (QED) is 0.709. The van der Waals surface area contributed by atoms with Crippen molar-refractivity contribution in [2.45, 2.75) is 37.6 Å². The highest BCUT2D eigenvalue weighted by Gasteiger charge is 2.38. The van der Waals surface area contributed by atoms with E-state index in [0.29, 0.717) is 5.75 Å². The van der Waals surface area contributed by atoms with E-state index in [2.05, 4.69) is 23.3 Å². The second-order valence-corrected chi connectivity index (χ2v) is 7.56. The van der Waals surface area contributed by atoms with Crippen molar-refractivity contribution >= 4 is 11.8 Å². The summed E-state index contributed by atoms with van der Waals surface area (Å²) in [5.74, 6) is 0.326. The molecular weight excluding hydrogens is 364 g/mol. The summed E-state index contributed by atoms with van der Waals surface area (Å²) in [5.41, 5.74) is 2.55. The maximum atomic E-state index is 13.3. The molecule has 5 nitrogen and oxygen atoms in total. The average molecular weight is 392 g/mol. The molecule has 2 aromatic rings. The molecule has 0 saturated heterocycles. The number of fused-ring (bicyclic) bond motifs is 1. The van der Waals surface area contributed by atoms with Crippen molar-refractivity contribution in [1.82, 2.24) is 10.6 Å². The van der Waals surface area contributed by atoms with Gasteiger partial charge in [-0.3, -0.25) is 9.59 Å². The van der Waals surface area contributed by atoms with E-state index in [-0.39, 0.29) is 18.4 Å². The fourth-order valence-electron chi connectivity index (χ4n) is 4.09. The molecule has 0 fully saturated rings. The Balaban J connectivity index is 1.81. The van der Waals surface area contributed by atoms with Crippen LogP contribution in [0.2, 0.25) is 0 Å². The molecule has 2 amide bonds. The number of carbonyl (C=O) groups excluding carboxylic acids is 2. The first-order valence-electron chi connectivity index (χ1n) is 9.92. The number of ether oxygens (including phenoxy) is 1. The Hall–Kier alpha value is -3.08. The zero-order valence-electron chi connectivity index (χ0n) is 17.0. The Labute approximate surface area is 172 Å². The molecule has 2 unspecified atom stereocenters. The Morgan fingerprint density at radius 3 is 2.69 bits per heavy atom. The lowest BCUT2D eigenvalue weighted by atomic mass is 9.70. The van der Waals surface area contributed by atoms with E-state index >= 15 is 0 Å². The summed E-state index contributed by atoms with van der Waals surface area (Å²) in [6.45, 7) is 5.79. The predicted octanol–water partition coefficient (Wildman–Crippen LogP) is 3.45. The van der Waals surface area contributed by atoms with Gasteiger partial charge in [0.15, 0.2) is 0 Å². The third-order valence-corrected chi connectivity index (χ3v) is 5.72. The summed E-state index contributed by atoms with van der Waals surface area (Å²) < 4.78 is 5.44. The number of para-hydroxylation sites is 1. The number of methoxy groups -OCH3 is 1. The molecule has 0 aromatic heterocycles. The van der Waals surface area contributed by atoms with Crippen molar-refractivity contribution < 1.29 is 14.3 Å². The molecule has 0 aliphatic heterocycles. The van der Waals surface area contributed by atoms with Crippen LogP contribution in [-0.4, -0.2) is 25.5 Å². The van der Waals surface area contributed by atoms with E-state index in [1.165, 1.54) is 11.6 Å². The first-order valence-corrected chi connectivity index (χ1v) is 9.92. The molecule has 0 heterocycles. The maximum Gasteiger partial charge on any atom is 0.243 e. The van der Waals surface area contributed by atoms with Gasteiger partial charge in [-0.05, 0) is 49.5 Å². The average Bonchev–Trinajstić information content (AvgIpc) is 2.76. The van der Waals surface area contributed by atoms with Crippen molar-refractivity contribution in [1.29, 1.82) is 0 Å². The normalized spacial score (nSPS) is 18.8. The van der Waals surface area contributed by atoms with Crippen LogP contribution in [-0.2, 0) is 21.4 Å². The fourth-order valence-corrected chi connectivity index (χ4v) is 4.09. The minimum atomic E-state index is -0.581. The third kappa shape index (κ3) is 4.34. The van der Waals surface area contributed by atoms with Crippen LogP contribution in [0.5, 0.6) is 5.75 Å².